The summed E-state index contributed by atoms with van der Waals surface area (Å²) >= 11 is 0. The Labute approximate surface area is 271 Å². The van der Waals surface area contributed by atoms with E-state index in [1.807, 2.05) is 45.9 Å². The minimum absolute atomic E-state index is 0.0818. The van der Waals surface area contributed by atoms with Gasteiger partial charge >= 0.3 is 12.1 Å². The Bertz CT molecular complexity index is 1290. The number of rotatable bonds is 11. The van der Waals surface area contributed by atoms with Crippen molar-refractivity contribution in [1.82, 2.24) is 10.3 Å². The second kappa shape index (κ2) is 15.0. The third-order valence-corrected chi connectivity index (χ3v) is 13.5. The number of anilines is 1. The standard InChI is InChI=1S/C35H55N3O6Si/c1-12-38(28-16-14-27(15-17-28)37-33(40)44-34(3,4)5)30-22-26(21-29(24(30)2)32(39)41-9)25-13-18-31(36-23-25)42-19-20-43-45(10,11)35(6,7)8/h13,18,21-23,27-28H,12,14-17,19-20H2,1-11H3,(H,37,40). The van der Waals surface area contributed by atoms with Crippen LogP contribution in [0.2, 0.25) is 18.1 Å². The lowest BCUT2D eigenvalue weighted by atomic mass is 9.89. The fourth-order valence-electron chi connectivity index (χ4n) is 5.41. The Kier molecular flexibility index (Phi) is 12.1. The molecule has 1 fully saturated rings. The molecule has 1 aliphatic carbocycles. The van der Waals surface area contributed by atoms with Crippen molar-refractivity contribution in [2.75, 3.05) is 31.8 Å². The molecule has 2 aromatic rings. The average Bonchev–Trinajstić information content (AvgIpc) is 2.95. The van der Waals surface area contributed by atoms with Crippen molar-refractivity contribution >= 4 is 26.1 Å². The molecule has 250 valence electrons. The highest BCUT2D eigenvalue weighted by molar-refractivity contribution is 6.74. The maximum Gasteiger partial charge on any atom is 0.407 e. The van der Waals surface area contributed by atoms with E-state index >= 15 is 0 Å². The molecule has 1 N–H and O–H groups in total. The highest BCUT2D eigenvalue weighted by Crippen LogP contribution is 2.37. The van der Waals surface area contributed by atoms with Crippen molar-refractivity contribution < 1.29 is 28.2 Å². The zero-order valence-electron chi connectivity index (χ0n) is 29.3. The van der Waals surface area contributed by atoms with Gasteiger partial charge in [0.05, 0.1) is 19.3 Å². The van der Waals surface area contributed by atoms with E-state index in [2.05, 4.69) is 62.1 Å². The van der Waals surface area contributed by atoms with Gasteiger partial charge in [0.25, 0.3) is 0 Å². The summed E-state index contributed by atoms with van der Waals surface area (Å²) in [6.07, 6.45) is 4.96. The van der Waals surface area contributed by atoms with Crippen LogP contribution in [0.25, 0.3) is 11.1 Å². The number of alkyl carbamates (subject to hydrolysis) is 1. The molecule has 0 spiro atoms. The summed E-state index contributed by atoms with van der Waals surface area (Å²) in [5.41, 5.74) is 3.66. The van der Waals surface area contributed by atoms with Gasteiger partial charge in [0.1, 0.15) is 12.2 Å². The number of hydrogen-bond acceptors (Lipinski definition) is 8. The number of nitrogens with one attached hydrogen (secondary N) is 1. The predicted octanol–water partition coefficient (Wildman–Crippen LogP) is 7.91. The molecule has 1 heterocycles. The molecule has 0 aliphatic heterocycles. The summed E-state index contributed by atoms with van der Waals surface area (Å²) in [7, 11) is -0.422. The molecule has 10 heteroatoms. The minimum Gasteiger partial charge on any atom is -0.475 e. The molecule has 0 radical (unpaired) electrons. The maximum absolute atomic E-state index is 12.9. The fraction of sp³-hybridized carbons (Fsp3) is 0.629. The molecule has 1 amide bonds. The number of pyridine rings is 1. The van der Waals surface area contributed by atoms with Crippen LogP contribution in [0, 0.1) is 6.92 Å². The normalized spacial score (nSPS) is 17.4. The number of amides is 1. The number of aromatic nitrogens is 1. The molecule has 1 saturated carbocycles. The lowest BCUT2D eigenvalue weighted by molar-refractivity contribution is 0.0490. The molecule has 45 heavy (non-hydrogen) atoms. The molecule has 1 aliphatic rings. The van der Waals surface area contributed by atoms with E-state index in [0.29, 0.717) is 24.7 Å². The SMILES string of the molecule is CCN(c1cc(-c2ccc(OCCO[Si](C)(C)C(C)(C)C)nc2)cc(C(=O)OC)c1C)C1CCC(NC(=O)OC(C)(C)C)CC1. The largest absolute Gasteiger partial charge is 0.475 e. The molecule has 0 bridgehead atoms. The fourth-order valence-corrected chi connectivity index (χ4v) is 6.44. The quantitative estimate of drug-likeness (QED) is 0.150. The zero-order chi connectivity index (χ0) is 33.6. The van der Waals surface area contributed by atoms with E-state index in [0.717, 1.165) is 54.6 Å². The molecule has 0 unspecified atom stereocenters. The Morgan fingerprint density at radius 3 is 2.20 bits per heavy atom. The van der Waals surface area contributed by atoms with Crippen LogP contribution in [0.4, 0.5) is 10.5 Å². The van der Waals surface area contributed by atoms with Crippen molar-refractivity contribution in [3.05, 3.63) is 41.6 Å². The molecule has 0 saturated heterocycles. The summed E-state index contributed by atoms with van der Waals surface area (Å²) in [5, 5.41) is 3.18. The topological polar surface area (TPSA) is 99.2 Å². The number of methoxy groups -OCH3 is 1. The van der Waals surface area contributed by atoms with E-state index in [9.17, 15) is 9.59 Å². The number of carbonyl (C=O) groups is 2. The van der Waals surface area contributed by atoms with E-state index in [-0.39, 0.29) is 29.2 Å². The van der Waals surface area contributed by atoms with Crippen LogP contribution in [0.15, 0.2) is 30.5 Å². The number of nitrogens with zero attached hydrogens (tertiary/aromatic N) is 2. The summed E-state index contributed by atoms with van der Waals surface area (Å²) in [6.45, 7) is 22.6. The van der Waals surface area contributed by atoms with Crippen molar-refractivity contribution in [2.45, 2.75) is 117 Å². The summed E-state index contributed by atoms with van der Waals surface area (Å²) < 4.78 is 22.7. The Morgan fingerprint density at radius 1 is 1.00 bits per heavy atom. The number of hydrogen-bond donors (Lipinski definition) is 1. The van der Waals surface area contributed by atoms with Gasteiger partial charge in [-0.25, -0.2) is 14.6 Å². The van der Waals surface area contributed by atoms with Gasteiger partial charge in [0.2, 0.25) is 5.88 Å². The number of ether oxygens (including phenoxy) is 3. The maximum atomic E-state index is 12.9. The molecule has 3 rings (SSSR count). The summed E-state index contributed by atoms with van der Waals surface area (Å²) in [6, 6.07) is 8.20. The Morgan fingerprint density at radius 2 is 1.67 bits per heavy atom. The average molecular weight is 642 g/mol. The highest BCUT2D eigenvalue weighted by atomic mass is 28.4. The second-order valence-corrected chi connectivity index (χ2v) is 19.2. The molecule has 0 atom stereocenters. The first kappa shape index (κ1) is 36.4. The molecule has 9 nitrogen and oxygen atoms in total. The monoisotopic (exact) mass is 641 g/mol. The number of carbonyl (C=O) groups excluding carboxylic acids is 2. The van der Waals surface area contributed by atoms with Gasteiger partial charge < -0.3 is 28.9 Å². The summed E-state index contributed by atoms with van der Waals surface area (Å²) in [4.78, 5) is 32.1. The number of esters is 1. The van der Waals surface area contributed by atoms with Crippen molar-refractivity contribution in [3.8, 4) is 17.0 Å². The molecule has 1 aromatic heterocycles. The van der Waals surface area contributed by atoms with Gasteiger partial charge in [0.15, 0.2) is 8.32 Å². The van der Waals surface area contributed by atoms with Crippen LogP contribution in [-0.4, -0.2) is 69.9 Å². The summed E-state index contributed by atoms with van der Waals surface area (Å²) in [5.74, 6) is 0.164. The van der Waals surface area contributed by atoms with Gasteiger partial charge in [-0.05, 0) is 108 Å². The van der Waals surface area contributed by atoms with Crippen LogP contribution in [0.5, 0.6) is 5.88 Å². The van der Waals surface area contributed by atoms with E-state index < -0.39 is 13.9 Å². The Hall–Kier alpha value is -3.11. The van der Waals surface area contributed by atoms with Crippen molar-refractivity contribution in [2.24, 2.45) is 0 Å². The first-order chi connectivity index (χ1) is 21.0. The van der Waals surface area contributed by atoms with Crippen LogP contribution in [0.1, 0.15) is 90.1 Å². The molecule has 1 aromatic carbocycles. The van der Waals surface area contributed by atoms with E-state index in [1.165, 1.54) is 7.11 Å². The van der Waals surface area contributed by atoms with Gasteiger partial charge in [-0.1, -0.05) is 20.8 Å². The second-order valence-electron chi connectivity index (χ2n) is 14.4. The van der Waals surface area contributed by atoms with Crippen LogP contribution >= 0.6 is 0 Å². The predicted molar refractivity (Wildman–Crippen MR) is 183 cm³/mol. The first-order valence-corrected chi connectivity index (χ1v) is 19.1. The van der Waals surface area contributed by atoms with Gasteiger partial charge in [-0.15, -0.1) is 0 Å². The Balaban J connectivity index is 1.76. The van der Waals surface area contributed by atoms with Gasteiger partial charge in [-0.3, -0.25) is 0 Å². The number of benzene rings is 1. The van der Waals surface area contributed by atoms with Gasteiger partial charge in [-0.2, -0.15) is 0 Å². The molecular formula is C35H55N3O6Si. The van der Waals surface area contributed by atoms with Gasteiger partial charge in [0, 0.05) is 42.1 Å². The lowest BCUT2D eigenvalue weighted by Crippen LogP contribution is -2.45. The highest BCUT2D eigenvalue weighted by Gasteiger charge is 2.37. The third-order valence-electron chi connectivity index (χ3n) is 8.97. The minimum atomic E-state index is -1.83. The van der Waals surface area contributed by atoms with Crippen LogP contribution in [-0.2, 0) is 13.9 Å². The van der Waals surface area contributed by atoms with Crippen molar-refractivity contribution in [1.29, 1.82) is 0 Å². The zero-order valence-corrected chi connectivity index (χ0v) is 30.3. The lowest BCUT2D eigenvalue weighted by Gasteiger charge is -2.39. The molecular weight excluding hydrogens is 586 g/mol. The van der Waals surface area contributed by atoms with Crippen LogP contribution < -0.4 is 15.0 Å². The van der Waals surface area contributed by atoms with E-state index in [4.69, 9.17) is 18.6 Å². The first-order valence-electron chi connectivity index (χ1n) is 16.2. The van der Waals surface area contributed by atoms with Crippen LogP contribution in [0.3, 0.4) is 0 Å². The smallest absolute Gasteiger partial charge is 0.407 e. The van der Waals surface area contributed by atoms with E-state index in [1.54, 1.807) is 6.20 Å². The van der Waals surface area contributed by atoms with Crippen molar-refractivity contribution in [3.63, 3.8) is 0 Å². The third kappa shape index (κ3) is 9.94.